The van der Waals surface area contributed by atoms with Crippen LogP contribution in [0.15, 0.2) is 18.6 Å². The van der Waals surface area contributed by atoms with Gasteiger partial charge >= 0.3 is 0 Å². The van der Waals surface area contributed by atoms with Crippen molar-refractivity contribution >= 4 is 23.4 Å². The molecule has 0 radical (unpaired) electrons. The summed E-state index contributed by atoms with van der Waals surface area (Å²) < 4.78 is 0. The molecule has 2 heterocycles. The molecule has 2 N–H and O–H groups in total. The number of likely N-dealkylation sites (tertiary alicyclic amines) is 1. The van der Waals surface area contributed by atoms with E-state index in [1.807, 2.05) is 0 Å². The molecule has 3 aliphatic rings. The molecule has 186 valence electrons. The Morgan fingerprint density at radius 3 is 2.65 bits per heavy atom. The van der Waals surface area contributed by atoms with Gasteiger partial charge in [-0.3, -0.25) is 19.4 Å². The van der Waals surface area contributed by atoms with Gasteiger partial charge in [-0.05, 0) is 49.9 Å². The molecular weight excluding hydrogens is 432 g/mol. The summed E-state index contributed by atoms with van der Waals surface area (Å²) in [5, 5.41) is 12.7. The van der Waals surface area contributed by atoms with Crippen molar-refractivity contribution in [2.24, 2.45) is 17.3 Å². The molecule has 0 bridgehead atoms. The first-order chi connectivity index (χ1) is 16.4. The third kappa shape index (κ3) is 5.65. The molecular formula is C26H38N4O4. The molecule has 34 heavy (non-hydrogen) atoms. The van der Waals surface area contributed by atoms with Gasteiger partial charge in [0.1, 0.15) is 11.8 Å². The molecule has 3 fully saturated rings. The average Bonchev–Trinajstić information content (AvgIpc) is 3.46. The van der Waals surface area contributed by atoms with Gasteiger partial charge in [0.2, 0.25) is 11.8 Å². The number of amides is 2. The lowest BCUT2D eigenvalue weighted by atomic mass is 9.77. The van der Waals surface area contributed by atoms with Crippen LogP contribution in [0.4, 0.5) is 5.82 Å². The van der Waals surface area contributed by atoms with Crippen molar-refractivity contribution in [3.8, 4) is 0 Å². The molecule has 2 aliphatic carbocycles. The first-order valence-electron chi connectivity index (χ1n) is 13.0. The third-order valence-corrected chi connectivity index (χ3v) is 8.17. The van der Waals surface area contributed by atoms with Crippen molar-refractivity contribution < 1.29 is 19.5 Å². The van der Waals surface area contributed by atoms with Crippen molar-refractivity contribution in [2.75, 3.05) is 11.9 Å². The van der Waals surface area contributed by atoms with Crippen molar-refractivity contribution in [3.05, 3.63) is 18.6 Å². The van der Waals surface area contributed by atoms with Gasteiger partial charge in [0, 0.05) is 37.7 Å². The molecule has 2 saturated carbocycles. The van der Waals surface area contributed by atoms with E-state index < -0.39 is 12.0 Å². The predicted octanol–water partition coefficient (Wildman–Crippen LogP) is 3.50. The molecule has 2 unspecified atom stereocenters. The molecule has 4 atom stereocenters. The van der Waals surface area contributed by atoms with E-state index in [-0.39, 0.29) is 41.5 Å². The quantitative estimate of drug-likeness (QED) is 0.541. The fraction of sp³-hybridized carbons (Fsp3) is 0.731. The van der Waals surface area contributed by atoms with E-state index in [1.165, 1.54) is 12.4 Å². The normalized spacial score (nSPS) is 26.3. The number of carbonyl (C=O) groups excluding carboxylic acids is 3. The van der Waals surface area contributed by atoms with E-state index in [9.17, 15) is 19.5 Å². The monoisotopic (exact) mass is 470 g/mol. The van der Waals surface area contributed by atoms with Crippen molar-refractivity contribution in [3.63, 3.8) is 0 Å². The van der Waals surface area contributed by atoms with E-state index in [0.29, 0.717) is 31.6 Å². The Balaban J connectivity index is 1.49. The highest BCUT2D eigenvalue weighted by Crippen LogP contribution is 2.48. The van der Waals surface area contributed by atoms with Crippen LogP contribution in [0.3, 0.4) is 0 Å². The number of hydrogen-bond acceptors (Lipinski definition) is 6. The number of carbonyl (C=O) groups is 3. The predicted molar refractivity (Wildman–Crippen MR) is 128 cm³/mol. The molecule has 4 rings (SSSR count). The second-order valence-electron chi connectivity index (χ2n) is 10.7. The largest absolute Gasteiger partial charge is 0.393 e. The minimum Gasteiger partial charge on any atom is -0.393 e. The highest BCUT2D eigenvalue weighted by Gasteiger charge is 2.50. The molecule has 8 nitrogen and oxygen atoms in total. The molecule has 8 heteroatoms. The number of anilines is 1. The van der Waals surface area contributed by atoms with Gasteiger partial charge in [0.15, 0.2) is 5.82 Å². The minimum absolute atomic E-state index is 0.00458. The summed E-state index contributed by atoms with van der Waals surface area (Å²) in [5.41, 5.74) is -0.00458. The molecule has 1 saturated heterocycles. The van der Waals surface area contributed by atoms with Crippen LogP contribution in [0.5, 0.6) is 0 Å². The summed E-state index contributed by atoms with van der Waals surface area (Å²) >= 11 is 0. The second-order valence-corrected chi connectivity index (χ2v) is 10.7. The standard InChI is InChI=1S/C26H38N4O4/c1-2-3-6-19(14-20(31)13-18-7-8-22(18)32)25(34)30-17-26(9-4-5-10-26)15-21(30)24(33)29-23-16-27-11-12-28-23/h11-12,16,18-19,21-22,32H,2-10,13-15,17H2,1H3,(H,28,29,33)/t18?,19-,21+,22?/m1/s1. The van der Waals surface area contributed by atoms with Crippen molar-refractivity contribution in [1.82, 2.24) is 14.9 Å². The summed E-state index contributed by atoms with van der Waals surface area (Å²) in [6, 6.07) is -0.555. The maximum absolute atomic E-state index is 13.8. The van der Waals surface area contributed by atoms with Crippen LogP contribution in [0, 0.1) is 17.3 Å². The van der Waals surface area contributed by atoms with Gasteiger partial charge in [0.25, 0.3) is 0 Å². The molecule has 1 spiro atoms. The molecule has 1 aliphatic heterocycles. The van der Waals surface area contributed by atoms with E-state index in [1.54, 1.807) is 11.1 Å². The summed E-state index contributed by atoms with van der Waals surface area (Å²) in [6.45, 7) is 2.66. The number of Topliss-reactive ketones (excluding diaryl/α,β-unsaturated/α-hetero) is 1. The maximum Gasteiger partial charge on any atom is 0.248 e. The number of nitrogens with zero attached hydrogens (tertiary/aromatic N) is 3. The van der Waals surface area contributed by atoms with Crippen LogP contribution in [0.1, 0.15) is 84.0 Å². The Bertz CT molecular complexity index is 871. The fourth-order valence-electron chi connectivity index (χ4n) is 6.02. The molecule has 1 aromatic heterocycles. The molecule has 1 aromatic rings. The number of aliphatic hydroxyl groups excluding tert-OH is 1. The first kappa shape index (κ1) is 24.8. The number of rotatable bonds is 10. The van der Waals surface area contributed by atoms with Gasteiger partial charge in [0.05, 0.1) is 12.3 Å². The zero-order valence-corrected chi connectivity index (χ0v) is 20.2. The zero-order chi connectivity index (χ0) is 24.1. The van der Waals surface area contributed by atoms with E-state index in [4.69, 9.17) is 0 Å². The Hall–Kier alpha value is -2.35. The molecule has 0 aromatic carbocycles. The number of hydrogen-bond donors (Lipinski definition) is 2. The summed E-state index contributed by atoms with van der Waals surface area (Å²) in [4.78, 5) is 49.9. The van der Waals surface area contributed by atoms with Crippen LogP contribution < -0.4 is 5.32 Å². The Morgan fingerprint density at radius 1 is 1.24 bits per heavy atom. The highest BCUT2D eigenvalue weighted by atomic mass is 16.3. The fourth-order valence-corrected chi connectivity index (χ4v) is 6.02. The SMILES string of the molecule is CCCC[C@H](CC(=O)CC1CCC1O)C(=O)N1CC2(CCCC2)C[C@H]1C(=O)Nc1cnccn1. The number of unbranched alkanes of at least 4 members (excludes halogenated alkanes) is 1. The van der Waals surface area contributed by atoms with Gasteiger partial charge in [-0.25, -0.2) is 4.98 Å². The van der Waals surface area contributed by atoms with Gasteiger partial charge in [-0.15, -0.1) is 0 Å². The lowest BCUT2D eigenvalue weighted by molar-refractivity contribution is -0.142. The lowest BCUT2D eigenvalue weighted by Gasteiger charge is -2.32. The van der Waals surface area contributed by atoms with Crippen LogP contribution in [0.25, 0.3) is 0 Å². The van der Waals surface area contributed by atoms with E-state index in [0.717, 1.165) is 51.4 Å². The van der Waals surface area contributed by atoms with Gasteiger partial charge < -0.3 is 15.3 Å². The third-order valence-electron chi connectivity index (χ3n) is 8.17. The van der Waals surface area contributed by atoms with Gasteiger partial charge in [-0.1, -0.05) is 32.6 Å². The first-order valence-corrected chi connectivity index (χ1v) is 13.0. The van der Waals surface area contributed by atoms with Crippen LogP contribution in [-0.2, 0) is 14.4 Å². The maximum atomic E-state index is 13.8. The summed E-state index contributed by atoms with van der Waals surface area (Å²) in [7, 11) is 0. The number of nitrogens with one attached hydrogen (secondary N) is 1. The van der Waals surface area contributed by atoms with Crippen LogP contribution >= 0.6 is 0 Å². The van der Waals surface area contributed by atoms with Crippen LogP contribution in [-0.4, -0.2) is 56.3 Å². The number of aliphatic hydroxyl groups is 1. The topological polar surface area (TPSA) is 112 Å². The number of ketones is 1. The summed E-state index contributed by atoms with van der Waals surface area (Å²) in [6.07, 6.45) is 13.8. The van der Waals surface area contributed by atoms with E-state index in [2.05, 4.69) is 22.2 Å². The number of aromatic nitrogens is 2. The van der Waals surface area contributed by atoms with Gasteiger partial charge in [-0.2, -0.15) is 0 Å². The van der Waals surface area contributed by atoms with Crippen molar-refractivity contribution in [1.29, 1.82) is 0 Å². The Labute approximate surface area is 201 Å². The Kier molecular flexibility index (Phi) is 7.96. The lowest BCUT2D eigenvalue weighted by Crippen LogP contribution is -2.46. The Morgan fingerprint density at radius 2 is 2.03 bits per heavy atom. The smallest absolute Gasteiger partial charge is 0.248 e. The molecule has 2 amide bonds. The highest BCUT2D eigenvalue weighted by molar-refractivity contribution is 5.98. The second kappa shape index (κ2) is 10.9. The minimum atomic E-state index is -0.555. The summed E-state index contributed by atoms with van der Waals surface area (Å²) in [5.74, 6) is -0.242. The average molecular weight is 471 g/mol. The van der Waals surface area contributed by atoms with Crippen molar-refractivity contribution in [2.45, 2.75) is 96.1 Å². The zero-order valence-electron chi connectivity index (χ0n) is 20.2. The van der Waals surface area contributed by atoms with E-state index >= 15 is 0 Å². The van der Waals surface area contributed by atoms with Crippen LogP contribution in [0.2, 0.25) is 0 Å².